The summed E-state index contributed by atoms with van der Waals surface area (Å²) < 4.78 is 0. The maximum atomic E-state index is 5.23. The van der Waals surface area contributed by atoms with Crippen LogP contribution >= 0.6 is 0 Å². The highest BCUT2D eigenvalue weighted by Gasteiger charge is 2.21. The Morgan fingerprint density at radius 2 is 2.06 bits per heavy atom. The van der Waals surface area contributed by atoms with E-state index in [1.165, 1.54) is 32.4 Å². The largest absolute Gasteiger partial charge is 0.314 e. The van der Waals surface area contributed by atoms with Gasteiger partial charge in [0.15, 0.2) is 0 Å². The third kappa shape index (κ3) is 5.01. The van der Waals surface area contributed by atoms with Crippen LogP contribution in [0, 0.1) is 18.3 Å². The van der Waals surface area contributed by atoms with Crippen LogP contribution in [0.2, 0.25) is 0 Å². The standard InChI is InChI=1S/C14H26N2/c1-4-5-6-7-10-15-13(2)14-8-11-16(3)12-9-14/h1,13-15H,5-12H2,2-3H3. The molecule has 1 atom stereocenters. The van der Waals surface area contributed by atoms with Gasteiger partial charge in [-0.3, -0.25) is 0 Å². The third-order valence-corrected chi connectivity index (χ3v) is 3.68. The van der Waals surface area contributed by atoms with Crippen molar-refractivity contribution in [2.45, 2.75) is 45.1 Å². The summed E-state index contributed by atoms with van der Waals surface area (Å²) in [5, 5.41) is 3.64. The normalized spacial score (nSPS) is 20.6. The van der Waals surface area contributed by atoms with E-state index in [1.54, 1.807) is 0 Å². The van der Waals surface area contributed by atoms with Crippen LogP contribution in [0.15, 0.2) is 0 Å². The van der Waals surface area contributed by atoms with Crippen molar-refractivity contribution in [2.75, 3.05) is 26.7 Å². The predicted octanol–water partition coefficient (Wildman–Crippen LogP) is 2.11. The van der Waals surface area contributed by atoms with Crippen LogP contribution in [0.25, 0.3) is 0 Å². The Bertz CT molecular complexity index is 211. The number of hydrogen-bond acceptors (Lipinski definition) is 2. The van der Waals surface area contributed by atoms with Crippen molar-refractivity contribution in [3.05, 3.63) is 0 Å². The quantitative estimate of drug-likeness (QED) is 0.547. The summed E-state index contributed by atoms with van der Waals surface area (Å²) >= 11 is 0. The first-order valence-electron chi connectivity index (χ1n) is 6.59. The number of likely N-dealkylation sites (tertiary alicyclic amines) is 1. The average Bonchev–Trinajstić information content (AvgIpc) is 2.29. The number of rotatable bonds is 6. The molecule has 1 rings (SSSR count). The minimum Gasteiger partial charge on any atom is -0.314 e. The zero-order valence-electron chi connectivity index (χ0n) is 10.8. The Labute approximate surface area is 101 Å². The van der Waals surface area contributed by atoms with E-state index in [9.17, 15) is 0 Å². The molecule has 92 valence electrons. The highest BCUT2D eigenvalue weighted by atomic mass is 15.1. The van der Waals surface area contributed by atoms with Gasteiger partial charge in [-0.15, -0.1) is 12.3 Å². The maximum absolute atomic E-state index is 5.23. The number of nitrogens with one attached hydrogen (secondary N) is 1. The van der Waals surface area contributed by atoms with E-state index in [0.717, 1.165) is 25.3 Å². The van der Waals surface area contributed by atoms with Crippen molar-refractivity contribution >= 4 is 0 Å². The second kappa shape index (κ2) is 7.70. The van der Waals surface area contributed by atoms with Crippen molar-refractivity contribution in [3.63, 3.8) is 0 Å². The molecule has 16 heavy (non-hydrogen) atoms. The fraction of sp³-hybridized carbons (Fsp3) is 0.857. The smallest absolute Gasteiger partial charge is 0.00865 e. The summed E-state index contributed by atoms with van der Waals surface area (Å²) in [6, 6.07) is 0.666. The minimum atomic E-state index is 0.666. The number of hydrogen-bond donors (Lipinski definition) is 1. The second-order valence-electron chi connectivity index (χ2n) is 5.04. The summed E-state index contributed by atoms with van der Waals surface area (Å²) in [6.45, 7) is 5.97. The fourth-order valence-electron chi connectivity index (χ4n) is 2.38. The molecule has 1 fully saturated rings. The number of terminal acetylenes is 1. The molecule has 0 amide bonds. The first-order chi connectivity index (χ1) is 7.74. The summed E-state index contributed by atoms with van der Waals surface area (Å²) in [5.41, 5.74) is 0. The molecule has 0 aliphatic carbocycles. The maximum Gasteiger partial charge on any atom is 0.00865 e. The van der Waals surface area contributed by atoms with Crippen LogP contribution < -0.4 is 5.32 Å². The van der Waals surface area contributed by atoms with E-state index in [4.69, 9.17) is 6.42 Å². The molecular weight excluding hydrogens is 196 g/mol. The number of unbranched alkanes of at least 4 members (excludes halogenated alkanes) is 2. The zero-order valence-corrected chi connectivity index (χ0v) is 10.8. The lowest BCUT2D eigenvalue weighted by atomic mass is 9.90. The summed E-state index contributed by atoms with van der Waals surface area (Å²) in [7, 11) is 2.22. The molecule has 1 saturated heterocycles. The van der Waals surface area contributed by atoms with Crippen LogP contribution in [0.4, 0.5) is 0 Å². The zero-order chi connectivity index (χ0) is 11.8. The fourth-order valence-corrected chi connectivity index (χ4v) is 2.38. The van der Waals surface area contributed by atoms with Crippen molar-refractivity contribution in [3.8, 4) is 12.3 Å². The van der Waals surface area contributed by atoms with Gasteiger partial charge < -0.3 is 10.2 Å². The molecule has 1 heterocycles. The number of nitrogens with zero attached hydrogens (tertiary/aromatic N) is 1. The van der Waals surface area contributed by atoms with Gasteiger partial charge in [0.1, 0.15) is 0 Å². The lowest BCUT2D eigenvalue weighted by molar-refractivity contribution is 0.190. The van der Waals surface area contributed by atoms with E-state index in [-0.39, 0.29) is 0 Å². The van der Waals surface area contributed by atoms with Gasteiger partial charge >= 0.3 is 0 Å². The van der Waals surface area contributed by atoms with Gasteiger partial charge in [-0.05, 0) is 65.2 Å². The van der Waals surface area contributed by atoms with E-state index in [0.29, 0.717) is 6.04 Å². The van der Waals surface area contributed by atoms with Crippen LogP contribution in [0.3, 0.4) is 0 Å². The molecule has 0 aromatic rings. The Hall–Kier alpha value is -0.520. The molecule has 0 saturated carbocycles. The SMILES string of the molecule is C#CCCCCNC(C)C1CCN(C)CC1. The molecule has 1 aliphatic rings. The highest BCUT2D eigenvalue weighted by Crippen LogP contribution is 2.19. The van der Waals surface area contributed by atoms with E-state index < -0.39 is 0 Å². The van der Waals surface area contributed by atoms with Crippen molar-refractivity contribution in [1.82, 2.24) is 10.2 Å². The van der Waals surface area contributed by atoms with Crippen molar-refractivity contribution in [2.24, 2.45) is 5.92 Å². The summed E-state index contributed by atoms with van der Waals surface area (Å²) in [4.78, 5) is 2.43. The Kier molecular flexibility index (Phi) is 6.52. The molecule has 0 aromatic carbocycles. The molecule has 1 aliphatic heterocycles. The van der Waals surface area contributed by atoms with Gasteiger partial charge in [-0.25, -0.2) is 0 Å². The summed E-state index contributed by atoms with van der Waals surface area (Å²) in [6.07, 6.45) is 11.2. The van der Waals surface area contributed by atoms with Crippen LogP contribution in [-0.4, -0.2) is 37.6 Å². The first kappa shape index (κ1) is 13.5. The Balaban J connectivity index is 2.06. The Morgan fingerprint density at radius 3 is 2.69 bits per heavy atom. The first-order valence-corrected chi connectivity index (χ1v) is 6.59. The molecule has 0 radical (unpaired) electrons. The van der Waals surface area contributed by atoms with Crippen LogP contribution in [-0.2, 0) is 0 Å². The second-order valence-corrected chi connectivity index (χ2v) is 5.04. The summed E-state index contributed by atoms with van der Waals surface area (Å²) in [5.74, 6) is 3.56. The van der Waals surface area contributed by atoms with E-state index in [2.05, 4.69) is 30.1 Å². The molecular formula is C14H26N2. The van der Waals surface area contributed by atoms with E-state index >= 15 is 0 Å². The lowest BCUT2D eigenvalue weighted by Crippen LogP contribution is -2.40. The highest BCUT2D eigenvalue weighted by molar-refractivity contribution is 4.83. The monoisotopic (exact) mass is 222 g/mol. The topological polar surface area (TPSA) is 15.3 Å². The van der Waals surface area contributed by atoms with Gasteiger partial charge in [0.05, 0.1) is 0 Å². The van der Waals surface area contributed by atoms with Gasteiger partial charge in [-0.1, -0.05) is 0 Å². The number of piperidine rings is 1. The molecule has 0 bridgehead atoms. The molecule has 0 aromatic heterocycles. The Morgan fingerprint density at radius 1 is 1.38 bits per heavy atom. The van der Waals surface area contributed by atoms with Crippen molar-refractivity contribution in [1.29, 1.82) is 0 Å². The molecule has 0 spiro atoms. The third-order valence-electron chi connectivity index (χ3n) is 3.68. The average molecular weight is 222 g/mol. The molecule has 2 heteroatoms. The van der Waals surface area contributed by atoms with E-state index in [1.807, 2.05) is 0 Å². The molecule has 2 nitrogen and oxygen atoms in total. The van der Waals surface area contributed by atoms with Gasteiger partial charge in [0.2, 0.25) is 0 Å². The molecule has 1 unspecified atom stereocenters. The van der Waals surface area contributed by atoms with Crippen molar-refractivity contribution < 1.29 is 0 Å². The molecule has 1 N–H and O–H groups in total. The van der Waals surface area contributed by atoms with Crippen LogP contribution in [0.5, 0.6) is 0 Å². The lowest BCUT2D eigenvalue weighted by Gasteiger charge is -2.33. The van der Waals surface area contributed by atoms with Gasteiger partial charge in [-0.2, -0.15) is 0 Å². The minimum absolute atomic E-state index is 0.666. The van der Waals surface area contributed by atoms with Gasteiger partial charge in [0, 0.05) is 12.5 Å². The van der Waals surface area contributed by atoms with Crippen LogP contribution in [0.1, 0.15) is 39.0 Å². The predicted molar refractivity (Wildman–Crippen MR) is 70.4 cm³/mol. The van der Waals surface area contributed by atoms with Gasteiger partial charge in [0.25, 0.3) is 0 Å².